The lowest BCUT2D eigenvalue weighted by atomic mass is 10.2. The van der Waals surface area contributed by atoms with Gasteiger partial charge in [-0.25, -0.2) is 4.98 Å². The largest absolute Gasteiger partial charge is 0.435 e. The van der Waals surface area contributed by atoms with E-state index in [0.717, 1.165) is 5.56 Å². The molecule has 146 valence electrons. The number of carbonyl (C=O) groups excluding carboxylic acids is 1. The van der Waals surface area contributed by atoms with Crippen molar-refractivity contribution in [2.75, 3.05) is 7.05 Å². The molecule has 1 amide bonds. The third kappa shape index (κ3) is 4.64. The van der Waals surface area contributed by atoms with Gasteiger partial charge in [-0.1, -0.05) is 23.7 Å². The molecule has 0 radical (unpaired) electrons. The highest BCUT2D eigenvalue weighted by Crippen LogP contribution is 2.16. The van der Waals surface area contributed by atoms with E-state index in [2.05, 4.69) is 9.72 Å². The first-order valence-corrected chi connectivity index (χ1v) is 8.63. The van der Waals surface area contributed by atoms with Gasteiger partial charge in [-0.3, -0.25) is 14.2 Å². The van der Waals surface area contributed by atoms with Gasteiger partial charge in [-0.2, -0.15) is 8.78 Å². The maximum Gasteiger partial charge on any atom is 0.387 e. The lowest BCUT2D eigenvalue weighted by Crippen LogP contribution is -2.33. The van der Waals surface area contributed by atoms with Gasteiger partial charge >= 0.3 is 6.61 Å². The van der Waals surface area contributed by atoms with Gasteiger partial charge in [0.2, 0.25) is 5.91 Å². The van der Waals surface area contributed by atoms with Crippen LogP contribution in [0.15, 0.2) is 53.6 Å². The summed E-state index contributed by atoms with van der Waals surface area (Å²) in [6.45, 7) is -2.83. The quantitative estimate of drug-likeness (QED) is 0.629. The Hall–Kier alpha value is -3.00. The fraction of sp³-hybridized carbons (Fsp3) is 0.211. The topological polar surface area (TPSA) is 64.4 Å². The lowest BCUT2D eigenvalue weighted by Gasteiger charge is -2.18. The summed E-state index contributed by atoms with van der Waals surface area (Å²) < 4.78 is 29.9. The van der Waals surface area contributed by atoms with Gasteiger partial charge in [0.1, 0.15) is 12.3 Å². The van der Waals surface area contributed by atoms with Crippen LogP contribution in [0.25, 0.3) is 10.9 Å². The third-order valence-corrected chi connectivity index (χ3v) is 4.32. The molecule has 1 heterocycles. The number of carbonyl (C=O) groups is 1. The van der Waals surface area contributed by atoms with Crippen LogP contribution in [-0.2, 0) is 17.9 Å². The molecular weight excluding hydrogens is 392 g/mol. The average Bonchev–Trinajstić information content (AvgIpc) is 2.65. The maximum absolute atomic E-state index is 12.5. The third-order valence-electron chi connectivity index (χ3n) is 4.09. The van der Waals surface area contributed by atoms with Crippen molar-refractivity contribution in [1.82, 2.24) is 14.5 Å². The molecule has 9 heteroatoms. The number of alkyl halides is 2. The predicted octanol–water partition coefficient (Wildman–Crippen LogP) is 3.31. The standard InChI is InChI=1S/C19H16ClF2N3O3/c1-24(9-12-2-5-14(6-3-12)28-19(21)22)17(26)10-25-11-23-16-7-4-13(20)8-15(16)18(25)27/h2-8,11,19H,9-10H2,1H3. The molecule has 1 aromatic heterocycles. The number of nitrogens with zero attached hydrogens (tertiary/aromatic N) is 3. The number of hydrogen-bond donors (Lipinski definition) is 0. The zero-order valence-corrected chi connectivity index (χ0v) is 15.6. The highest BCUT2D eigenvalue weighted by molar-refractivity contribution is 6.31. The number of benzene rings is 2. The first-order valence-electron chi connectivity index (χ1n) is 8.26. The van der Waals surface area contributed by atoms with Crippen molar-refractivity contribution in [2.45, 2.75) is 19.7 Å². The molecule has 3 aromatic rings. The molecule has 0 N–H and O–H groups in total. The number of rotatable bonds is 6. The molecule has 3 rings (SSSR count). The highest BCUT2D eigenvalue weighted by Gasteiger charge is 2.13. The van der Waals surface area contributed by atoms with Crippen LogP contribution in [0.1, 0.15) is 5.56 Å². The Labute approximate surface area is 163 Å². The SMILES string of the molecule is CN(Cc1ccc(OC(F)F)cc1)C(=O)Cn1cnc2ccc(Cl)cc2c1=O. The molecule has 0 aliphatic heterocycles. The van der Waals surface area contributed by atoms with Crippen LogP contribution in [0, 0.1) is 0 Å². The summed E-state index contributed by atoms with van der Waals surface area (Å²) in [6.07, 6.45) is 1.32. The number of ether oxygens (including phenoxy) is 1. The van der Waals surface area contributed by atoms with E-state index in [1.165, 1.54) is 34.0 Å². The summed E-state index contributed by atoms with van der Waals surface area (Å²) in [5, 5.41) is 0.743. The molecule has 0 unspecified atom stereocenters. The van der Waals surface area contributed by atoms with Crippen molar-refractivity contribution >= 4 is 28.4 Å². The molecule has 0 atom stereocenters. The molecule has 0 fully saturated rings. The Kier molecular flexibility index (Phi) is 5.89. The first-order chi connectivity index (χ1) is 13.3. The molecule has 2 aromatic carbocycles. The van der Waals surface area contributed by atoms with Gasteiger partial charge in [0.15, 0.2) is 0 Å². The second-order valence-electron chi connectivity index (χ2n) is 6.11. The molecule has 0 spiro atoms. The van der Waals surface area contributed by atoms with E-state index >= 15 is 0 Å². The lowest BCUT2D eigenvalue weighted by molar-refractivity contribution is -0.131. The van der Waals surface area contributed by atoms with Crippen LogP contribution in [0.3, 0.4) is 0 Å². The molecule has 0 aliphatic carbocycles. The van der Waals surface area contributed by atoms with Crippen molar-refractivity contribution < 1.29 is 18.3 Å². The monoisotopic (exact) mass is 407 g/mol. The van der Waals surface area contributed by atoms with Crippen molar-refractivity contribution in [3.8, 4) is 5.75 Å². The van der Waals surface area contributed by atoms with Crippen LogP contribution >= 0.6 is 11.6 Å². The highest BCUT2D eigenvalue weighted by atomic mass is 35.5. The number of amides is 1. The van der Waals surface area contributed by atoms with Gasteiger partial charge in [-0.05, 0) is 35.9 Å². The minimum Gasteiger partial charge on any atom is -0.435 e. The molecule has 28 heavy (non-hydrogen) atoms. The van der Waals surface area contributed by atoms with Gasteiger partial charge in [0.05, 0.1) is 17.2 Å². The predicted molar refractivity (Wildman–Crippen MR) is 101 cm³/mol. The van der Waals surface area contributed by atoms with Gasteiger partial charge in [-0.15, -0.1) is 0 Å². The number of halogens is 3. The molecule has 0 bridgehead atoms. The summed E-state index contributed by atoms with van der Waals surface area (Å²) in [7, 11) is 1.59. The second kappa shape index (κ2) is 8.35. The van der Waals surface area contributed by atoms with E-state index in [1.807, 2.05) is 0 Å². The van der Waals surface area contributed by atoms with E-state index in [-0.39, 0.29) is 30.3 Å². The van der Waals surface area contributed by atoms with Crippen molar-refractivity contribution in [1.29, 1.82) is 0 Å². The van der Waals surface area contributed by atoms with E-state index in [4.69, 9.17) is 11.6 Å². The minimum atomic E-state index is -2.89. The summed E-state index contributed by atoms with van der Waals surface area (Å²) in [4.78, 5) is 30.6. The second-order valence-corrected chi connectivity index (χ2v) is 6.55. The number of hydrogen-bond acceptors (Lipinski definition) is 4. The number of fused-ring (bicyclic) bond motifs is 1. The van der Waals surface area contributed by atoms with E-state index in [9.17, 15) is 18.4 Å². The molecular formula is C19H16ClF2N3O3. The van der Waals surface area contributed by atoms with Crippen molar-refractivity contribution in [3.63, 3.8) is 0 Å². The van der Waals surface area contributed by atoms with E-state index in [0.29, 0.717) is 15.9 Å². The zero-order valence-electron chi connectivity index (χ0n) is 14.8. The first kappa shape index (κ1) is 19.8. The molecule has 6 nitrogen and oxygen atoms in total. The van der Waals surface area contributed by atoms with E-state index in [1.54, 1.807) is 31.3 Å². The van der Waals surface area contributed by atoms with E-state index < -0.39 is 6.61 Å². The van der Waals surface area contributed by atoms with Crippen LogP contribution < -0.4 is 10.3 Å². The molecule has 0 aliphatic rings. The van der Waals surface area contributed by atoms with Gasteiger partial charge in [0.25, 0.3) is 5.56 Å². The summed E-state index contributed by atoms with van der Waals surface area (Å²) in [5.41, 5.74) is 0.869. The summed E-state index contributed by atoms with van der Waals surface area (Å²) >= 11 is 5.93. The smallest absolute Gasteiger partial charge is 0.387 e. The zero-order chi connectivity index (χ0) is 20.3. The maximum atomic E-state index is 12.5. The van der Waals surface area contributed by atoms with Crippen molar-refractivity contribution in [2.24, 2.45) is 0 Å². The molecule has 0 saturated heterocycles. The Morgan fingerprint density at radius 2 is 1.96 bits per heavy atom. The van der Waals surface area contributed by atoms with Crippen LogP contribution in [0.4, 0.5) is 8.78 Å². The normalized spacial score (nSPS) is 11.0. The number of aromatic nitrogens is 2. The van der Waals surface area contributed by atoms with Gasteiger partial charge in [0, 0.05) is 18.6 Å². The fourth-order valence-corrected chi connectivity index (χ4v) is 2.82. The fourth-order valence-electron chi connectivity index (χ4n) is 2.65. The number of likely N-dealkylation sites (N-methyl/N-ethyl adjacent to an activating group) is 1. The molecule has 0 saturated carbocycles. The Morgan fingerprint density at radius 1 is 1.25 bits per heavy atom. The van der Waals surface area contributed by atoms with Crippen LogP contribution in [0.2, 0.25) is 5.02 Å². The Bertz CT molecular complexity index is 1050. The van der Waals surface area contributed by atoms with Crippen LogP contribution in [-0.4, -0.2) is 34.0 Å². The van der Waals surface area contributed by atoms with Crippen LogP contribution in [0.5, 0.6) is 5.75 Å². The minimum absolute atomic E-state index is 0.0418. The van der Waals surface area contributed by atoms with Crippen molar-refractivity contribution in [3.05, 3.63) is 69.7 Å². The Balaban J connectivity index is 1.69. The summed E-state index contributed by atoms with van der Waals surface area (Å²) in [5.74, 6) is -0.265. The summed E-state index contributed by atoms with van der Waals surface area (Å²) in [6, 6.07) is 10.8. The Morgan fingerprint density at radius 3 is 2.64 bits per heavy atom. The van der Waals surface area contributed by atoms with Gasteiger partial charge < -0.3 is 9.64 Å². The average molecular weight is 408 g/mol.